The van der Waals surface area contributed by atoms with Gasteiger partial charge < -0.3 is 9.84 Å². The highest BCUT2D eigenvalue weighted by Gasteiger charge is 2.12. The van der Waals surface area contributed by atoms with Gasteiger partial charge in [0.25, 0.3) is 0 Å². The largest absolute Gasteiger partial charge is 0.479 e. The number of rotatable bonds is 3. The van der Waals surface area contributed by atoms with E-state index in [1.807, 2.05) is 36.4 Å². The number of fused-ring (bicyclic) bond motifs is 1. The molecule has 0 saturated heterocycles. The predicted octanol–water partition coefficient (Wildman–Crippen LogP) is 4.25. The Morgan fingerprint density at radius 2 is 1.96 bits per heavy atom. The fraction of sp³-hybridized carbons (Fsp3) is 0.100. The first-order valence-electron chi connectivity index (χ1n) is 7.59. The molecular formula is C20H14BrNO3. The molecule has 1 aromatic heterocycles. The van der Waals surface area contributed by atoms with E-state index in [0.29, 0.717) is 11.4 Å². The number of nitrogens with zero attached hydrogens (tertiary/aromatic N) is 1. The van der Waals surface area contributed by atoms with Crippen molar-refractivity contribution in [2.45, 2.75) is 13.0 Å². The van der Waals surface area contributed by atoms with Crippen molar-refractivity contribution in [3.05, 3.63) is 70.3 Å². The number of aromatic nitrogens is 1. The summed E-state index contributed by atoms with van der Waals surface area (Å²) in [6, 6.07) is 16.8. The summed E-state index contributed by atoms with van der Waals surface area (Å²) in [5.41, 5.74) is 2.26. The summed E-state index contributed by atoms with van der Waals surface area (Å²) >= 11 is 3.44. The zero-order valence-electron chi connectivity index (χ0n) is 13.4. The number of benzene rings is 2. The van der Waals surface area contributed by atoms with Gasteiger partial charge in [-0.15, -0.1) is 0 Å². The molecule has 3 aromatic rings. The maximum Gasteiger partial charge on any atom is 0.344 e. The molecule has 0 spiro atoms. The Morgan fingerprint density at radius 1 is 1.16 bits per heavy atom. The smallest absolute Gasteiger partial charge is 0.344 e. The van der Waals surface area contributed by atoms with Crippen molar-refractivity contribution in [2.24, 2.45) is 0 Å². The van der Waals surface area contributed by atoms with Gasteiger partial charge in [0.2, 0.25) is 0 Å². The van der Waals surface area contributed by atoms with Crippen LogP contribution in [0.15, 0.2) is 59.1 Å². The van der Waals surface area contributed by atoms with Gasteiger partial charge in [0, 0.05) is 15.4 Å². The van der Waals surface area contributed by atoms with Gasteiger partial charge in [0.15, 0.2) is 6.10 Å². The van der Waals surface area contributed by atoms with E-state index in [1.54, 1.807) is 18.2 Å². The highest BCUT2D eigenvalue weighted by molar-refractivity contribution is 9.10. The van der Waals surface area contributed by atoms with E-state index in [0.717, 1.165) is 20.9 Å². The average Bonchev–Trinajstić information content (AvgIpc) is 2.59. The van der Waals surface area contributed by atoms with Crippen LogP contribution in [-0.4, -0.2) is 22.2 Å². The molecule has 0 unspecified atom stereocenters. The maximum atomic E-state index is 10.9. The van der Waals surface area contributed by atoms with Crippen molar-refractivity contribution in [1.29, 1.82) is 0 Å². The van der Waals surface area contributed by atoms with Gasteiger partial charge in [0.1, 0.15) is 11.4 Å². The van der Waals surface area contributed by atoms with Crippen molar-refractivity contribution in [3.63, 3.8) is 0 Å². The SMILES string of the molecule is C[C@@H](Oc1cccc(C#Cc2ccc3ccc(Br)cc3n2)c1)C(=O)O. The number of hydrogen-bond donors (Lipinski definition) is 1. The molecule has 0 aliphatic carbocycles. The first-order chi connectivity index (χ1) is 12.0. The van der Waals surface area contributed by atoms with Crippen LogP contribution in [0.1, 0.15) is 18.2 Å². The van der Waals surface area contributed by atoms with Crippen LogP contribution in [0.4, 0.5) is 0 Å². The summed E-state index contributed by atoms with van der Waals surface area (Å²) in [7, 11) is 0. The van der Waals surface area contributed by atoms with E-state index in [2.05, 4.69) is 32.8 Å². The van der Waals surface area contributed by atoms with E-state index >= 15 is 0 Å². The van der Waals surface area contributed by atoms with E-state index in [9.17, 15) is 4.79 Å². The molecule has 0 fully saturated rings. The lowest BCUT2D eigenvalue weighted by Crippen LogP contribution is -2.22. The minimum absolute atomic E-state index is 0.470. The lowest BCUT2D eigenvalue weighted by atomic mass is 10.2. The quantitative estimate of drug-likeness (QED) is 0.673. The van der Waals surface area contributed by atoms with Gasteiger partial charge in [-0.05, 0) is 49.2 Å². The Hall–Kier alpha value is -2.84. The molecule has 0 radical (unpaired) electrons. The summed E-state index contributed by atoms with van der Waals surface area (Å²) in [5.74, 6) is 5.52. The van der Waals surface area contributed by atoms with Crippen molar-refractivity contribution in [1.82, 2.24) is 4.98 Å². The number of carboxylic acid groups (broad SMARTS) is 1. The monoisotopic (exact) mass is 395 g/mol. The normalized spacial score (nSPS) is 11.4. The van der Waals surface area contributed by atoms with Gasteiger partial charge >= 0.3 is 5.97 Å². The van der Waals surface area contributed by atoms with Crippen molar-refractivity contribution in [2.75, 3.05) is 0 Å². The van der Waals surface area contributed by atoms with Crippen molar-refractivity contribution < 1.29 is 14.6 Å². The molecule has 0 aliphatic heterocycles. The number of hydrogen-bond acceptors (Lipinski definition) is 3. The number of halogens is 1. The number of aliphatic carboxylic acids is 1. The third-order valence-electron chi connectivity index (χ3n) is 3.48. The van der Waals surface area contributed by atoms with Gasteiger partial charge in [-0.1, -0.05) is 40.0 Å². The molecule has 0 bridgehead atoms. The fourth-order valence-corrected chi connectivity index (χ4v) is 2.55. The fourth-order valence-electron chi connectivity index (χ4n) is 2.20. The second kappa shape index (κ2) is 7.37. The van der Waals surface area contributed by atoms with Gasteiger partial charge in [-0.3, -0.25) is 0 Å². The molecular weight excluding hydrogens is 382 g/mol. The highest BCUT2D eigenvalue weighted by Crippen LogP contribution is 2.18. The van der Waals surface area contributed by atoms with Crippen LogP contribution in [-0.2, 0) is 4.79 Å². The van der Waals surface area contributed by atoms with E-state index in [1.165, 1.54) is 6.92 Å². The number of ether oxygens (including phenoxy) is 1. The summed E-state index contributed by atoms with van der Waals surface area (Å²) in [6.45, 7) is 1.48. The molecule has 1 heterocycles. The summed E-state index contributed by atoms with van der Waals surface area (Å²) < 4.78 is 6.32. The number of carboxylic acids is 1. The summed E-state index contributed by atoms with van der Waals surface area (Å²) in [5, 5.41) is 9.95. The average molecular weight is 396 g/mol. The van der Waals surface area contributed by atoms with Gasteiger partial charge in [-0.2, -0.15) is 0 Å². The van der Waals surface area contributed by atoms with Crippen LogP contribution in [0.5, 0.6) is 5.75 Å². The molecule has 2 aromatic carbocycles. The molecule has 25 heavy (non-hydrogen) atoms. The lowest BCUT2D eigenvalue weighted by Gasteiger charge is -2.10. The lowest BCUT2D eigenvalue weighted by molar-refractivity contribution is -0.144. The molecule has 5 heteroatoms. The summed E-state index contributed by atoms with van der Waals surface area (Å²) in [6.07, 6.45) is -0.913. The molecule has 1 N–H and O–H groups in total. The van der Waals surface area contributed by atoms with E-state index in [-0.39, 0.29) is 0 Å². The Balaban J connectivity index is 1.84. The zero-order valence-corrected chi connectivity index (χ0v) is 14.9. The third-order valence-corrected chi connectivity index (χ3v) is 3.98. The second-order valence-corrected chi connectivity index (χ2v) is 6.33. The predicted molar refractivity (Wildman–Crippen MR) is 99.6 cm³/mol. The van der Waals surface area contributed by atoms with Crippen LogP contribution in [0.25, 0.3) is 10.9 Å². The zero-order chi connectivity index (χ0) is 17.8. The highest BCUT2D eigenvalue weighted by atomic mass is 79.9. The van der Waals surface area contributed by atoms with Crippen LogP contribution in [0.3, 0.4) is 0 Å². The molecule has 4 nitrogen and oxygen atoms in total. The van der Waals surface area contributed by atoms with Gasteiger partial charge in [0.05, 0.1) is 5.52 Å². The Kier molecular flexibility index (Phi) is 5.01. The maximum absolute atomic E-state index is 10.9. The Morgan fingerprint density at radius 3 is 2.76 bits per heavy atom. The van der Waals surface area contributed by atoms with Crippen LogP contribution < -0.4 is 4.74 Å². The minimum atomic E-state index is -1.01. The molecule has 1 atom stereocenters. The van der Waals surface area contributed by atoms with Gasteiger partial charge in [-0.25, -0.2) is 9.78 Å². The van der Waals surface area contributed by atoms with Crippen LogP contribution in [0.2, 0.25) is 0 Å². The molecule has 0 saturated carbocycles. The Bertz CT molecular complexity index is 1000. The molecule has 0 amide bonds. The summed E-state index contributed by atoms with van der Waals surface area (Å²) in [4.78, 5) is 15.4. The van der Waals surface area contributed by atoms with E-state index in [4.69, 9.17) is 9.84 Å². The van der Waals surface area contributed by atoms with Crippen molar-refractivity contribution >= 4 is 32.8 Å². The first kappa shape index (κ1) is 17.0. The molecule has 124 valence electrons. The van der Waals surface area contributed by atoms with Crippen LogP contribution in [0, 0.1) is 11.8 Å². The van der Waals surface area contributed by atoms with Crippen LogP contribution >= 0.6 is 15.9 Å². The standard InChI is InChI=1S/C20H14BrNO3/c1-13(20(23)24)25-18-4-2-3-14(11-18)5-9-17-10-7-15-6-8-16(21)12-19(15)22-17/h2-4,6-8,10-13H,1H3,(H,23,24)/t13-/m1/s1. The van der Waals surface area contributed by atoms with E-state index < -0.39 is 12.1 Å². The number of pyridine rings is 1. The minimum Gasteiger partial charge on any atom is -0.479 e. The number of carbonyl (C=O) groups is 1. The first-order valence-corrected chi connectivity index (χ1v) is 8.38. The molecule has 0 aliphatic rings. The second-order valence-electron chi connectivity index (χ2n) is 5.41. The topological polar surface area (TPSA) is 59.4 Å². The van der Waals surface area contributed by atoms with Crippen molar-refractivity contribution in [3.8, 4) is 17.6 Å². The molecule has 3 rings (SSSR count). The Labute approximate surface area is 153 Å². The third kappa shape index (κ3) is 4.37.